The lowest BCUT2D eigenvalue weighted by Gasteiger charge is -2.30. The van der Waals surface area contributed by atoms with Gasteiger partial charge >= 0.3 is 5.97 Å². The molecule has 1 atom stereocenters. The lowest BCUT2D eigenvalue weighted by Crippen LogP contribution is -2.42. The van der Waals surface area contributed by atoms with Crippen molar-refractivity contribution in [2.45, 2.75) is 26.3 Å². The zero-order valence-corrected chi connectivity index (χ0v) is 12.5. The molecule has 0 aromatic heterocycles. The molecule has 1 aromatic carbocycles. The van der Waals surface area contributed by atoms with Gasteiger partial charge in [0.25, 0.3) is 5.91 Å². The van der Waals surface area contributed by atoms with Gasteiger partial charge in [-0.2, -0.15) is 0 Å². The van der Waals surface area contributed by atoms with Gasteiger partial charge in [0.2, 0.25) is 5.91 Å². The SMILES string of the molecule is CC(=O)NCc1ccc(C(=O)N2CCC[C@H](C(=O)O)C2)cc1. The van der Waals surface area contributed by atoms with E-state index in [4.69, 9.17) is 5.11 Å². The van der Waals surface area contributed by atoms with E-state index in [1.807, 2.05) is 0 Å². The predicted molar refractivity (Wildman–Crippen MR) is 80.2 cm³/mol. The summed E-state index contributed by atoms with van der Waals surface area (Å²) < 4.78 is 0. The van der Waals surface area contributed by atoms with Crippen LogP contribution in [0.5, 0.6) is 0 Å². The Morgan fingerprint density at radius 2 is 1.95 bits per heavy atom. The maximum absolute atomic E-state index is 12.4. The van der Waals surface area contributed by atoms with Crippen LogP contribution in [0.3, 0.4) is 0 Å². The van der Waals surface area contributed by atoms with Gasteiger partial charge in [0.05, 0.1) is 5.92 Å². The minimum Gasteiger partial charge on any atom is -0.481 e. The standard InChI is InChI=1S/C16H20N2O4/c1-11(19)17-9-12-4-6-13(7-5-12)15(20)18-8-2-3-14(10-18)16(21)22/h4-7,14H,2-3,8-10H2,1H3,(H,17,19)(H,21,22)/t14-/m0/s1. The van der Waals surface area contributed by atoms with Gasteiger partial charge in [-0.15, -0.1) is 0 Å². The molecule has 2 amide bonds. The van der Waals surface area contributed by atoms with Crippen LogP contribution in [0, 0.1) is 5.92 Å². The Kier molecular flexibility index (Phi) is 5.14. The summed E-state index contributed by atoms with van der Waals surface area (Å²) in [6.07, 6.45) is 1.33. The maximum atomic E-state index is 12.4. The van der Waals surface area contributed by atoms with Crippen molar-refractivity contribution in [2.75, 3.05) is 13.1 Å². The van der Waals surface area contributed by atoms with Gasteiger partial charge in [-0.1, -0.05) is 12.1 Å². The minimum atomic E-state index is -0.844. The number of carboxylic acid groups (broad SMARTS) is 1. The first kappa shape index (κ1) is 16.0. The number of rotatable bonds is 4. The minimum absolute atomic E-state index is 0.104. The monoisotopic (exact) mass is 304 g/mol. The van der Waals surface area contributed by atoms with Crippen LogP contribution < -0.4 is 5.32 Å². The van der Waals surface area contributed by atoms with E-state index < -0.39 is 11.9 Å². The molecular formula is C16H20N2O4. The van der Waals surface area contributed by atoms with Crippen LogP contribution in [0.15, 0.2) is 24.3 Å². The van der Waals surface area contributed by atoms with Crippen LogP contribution in [-0.2, 0) is 16.1 Å². The van der Waals surface area contributed by atoms with Crippen molar-refractivity contribution in [1.29, 1.82) is 0 Å². The number of benzene rings is 1. The Morgan fingerprint density at radius 3 is 2.55 bits per heavy atom. The molecule has 0 aliphatic carbocycles. The number of carbonyl (C=O) groups is 3. The van der Waals surface area contributed by atoms with Crippen molar-refractivity contribution < 1.29 is 19.5 Å². The fourth-order valence-electron chi connectivity index (χ4n) is 2.54. The molecule has 6 nitrogen and oxygen atoms in total. The van der Waals surface area contributed by atoms with Gasteiger partial charge in [-0.3, -0.25) is 14.4 Å². The number of hydrogen-bond donors (Lipinski definition) is 2. The Balaban J connectivity index is 2.00. The highest BCUT2D eigenvalue weighted by Crippen LogP contribution is 2.19. The van der Waals surface area contributed by atoms with Gasteiger partial charge in [0, 0.05) is 32.1 Å². The molecule has 1 heterocycles. The third-order valence-electron chi connectivity index (χ3n) is 3.80. The van der Waals surface area contributed by atoms with Gasteiger partial charge < -0.3 is 15.3 Å². The topological polar surface area (TPSA) is 86.7 Å². The lowest BCUT2D eigenvalue weighted by atomic mass is 9.97. The highest BCUT2D eigenvalue weighted by atomic mass is 16.4. The fraction of sp³-hybridized carbons (Fsp3) is 0.438. The summed E-state index contributed by atoms with van der Waals surface area (Å²) >= 11 is 0. The van der Waals surface area contributed by atoms with Crippen LogP contribution >= 0.6 is 0 Å². The molecule has 1 aromatic rings. The van der Waals surface area contributed by atoms with Gasteiger partial charge in [0.1, 0.15) is 0 Å². The van der Waals surface area contributed by atoms with Crippen molar-refractivity contribution in [3.63, 3.8) is 0 Å². The summed E-state index contributed by atoms with van der Waals surface area (Å²) in [5.74, 6) is -1.56. The fourth-order valence-corrected chi connectivity index (χ4v) is 2.54. The third-order valence-corrected chi connectivity index (χ3v) is 3.80. The molecule has 0 unspecified atom stereocenters. The van der Waals surface area contributed by atoms with E-state index in [2.05, 4.69) is 5.32 Å². The van der Waals surface area contributed by atoms with Crippen molar-refractivity contribution in [3.05, 3.63) is 35.4 Å². The summed E-state index contributed by atoms with van der Waals surface area (Å²) in [6, 6.07) is 7.01. The van der Waals surface area contributed by atoms with Gasteiger partial charge in [0.15, 0.2) is 0 Å². The summed E-state index contributed by atoms with van der Waals surface area (Å²) in [7, 11) is 0. The molecule has 1 aliphatic heterocycles. The highest BCUT2D eigenvalue weighted by molar-refractivity contribution is 5.94. The predicted octanol–water partition coefficient (Wildman–Crippen LogP) is 1.26. The second kappa shape index (κ2) is 7.06. The molecule has 0 bridgehead atoms. The van der Waals surface area contributed by atoms with Crippen LogP contribution in [0.1, 0.15) is 35.7 Å². The Hall–Kier alpha value is -2.37. The lowest BCUT2D eigenvalue weighted by molar-refractivity contribution is -0.143. The Labute approximate surface area is 129 Å². The average molecular weight is 304 g/mol. The van der Waals surface area contributed by atoms with E-state index in [1.165, 1.54) is 6.92 Å². The molecule has 1 aliphatic rings. The van der Waals surface area contributed by atoms with E-state index in [1.54, 1.807) is 29.2 Å². The second-order valence-corrected chi connectivity index (χ2v) is 5.54. The number of carbonyl (C=O) groups excluding carboxylic acids is 2. The first-order valence-corrected chi connectivity index (χ1v) is 7.33. The van der Waals surface area contributed by atoms with Crippen molar-refractivity contribution in [1.82, 2.24) is 10.2 Å². The second-order valence-electron chi connectivity index (χ2n) is 5.54. The molecule has 2 rings (SSSR count). The summed E-state index contributed by atoms with van der Waals surface area (Å²) in [5.41, 5.74) is 1.45. The van der Waals surface area contributed by atoms with E-state index in [-0.39, 0.29) is 18.4 Å². The van der Waals surface area contributed by atoms with Crippen LogP contribution in [-0.4, -0.2) is 40.9 Å². The number of carboxylic acids is 1. The molecule has 118 valence electrons. The molecule has 0 saturated carbocycles. The van der Waals surface area contributed by atoms with Crippen LogP contribution in [0.25, 0.3) is 0 Å². The molecule has 22 heavy (non-hydrogen) atoms. The number of hydrogen-bond acceptors (Lipinski definition) is 3. The number of nitrogens with one attached hydrogen (secondary N) is 1. The Bertz CT molecular complexity index is 568. The third kappa shape index (κ3) is 4.07. The van der Waals surface area contributed by atoms with Crippen molar-refractivity contribution in [2.24, 2.45) is 5.92 Å². The number of nitrogens with zero attached hydrogens (tertiary/aromatic N) is 1. The molecule has 1 fully saturated rings. The van der Waals surface area contributed by atoms with Gasteiger partial charge in [-0.25, -0.2) is 0 Å². The number of amides is 2. The molecule has 0 spiro atoms. The highest BCUT2D eigenvalue weighted by Gasteiger charge is 2.28. The van der Waals surface area contributed by atoms with Crippen LogP contribution in [0.4, 0.5) is 0 Å². The number of aliphatic carboxylic acids is 1. The van der Waals surface area contributed by atoms with E-state index in [0.717, 1.165) is 5.56 Å². The largest absolute Gasteiger partial charge is 0.481 e. The van der Waals surface area contributed by atoms with E-state index in [0.29, 0.717) is 31.5 Å². The smallest absolute Gasteiger partial charge is 0.308 e. The molecule has 1 saturated heterocycles. The number of piperidine rings is 1. The zero-order valence-electron chi connectivity index (χ0n) is 12.5. The summed E-state index contributed by atoms with van der Waals surface area (Å²) in [4.78, 5) is 35.9. The quantitative estimate of drug-likeness (QED) is 0.876. The average Bonchev–Trinajstić information content (AvgIpc) is 2.53. The maximum Gasteiger partial charge on any atom is 0.308 e. The normalized spacial score (nSPS) is 17.9. The first-order valence-electron chi connectivity index (χ1n) is 7.33. The molecule has 6 heteroatoms. The molecule has 2 N–H and O–H groups in total. The first-order chi connectivity index (χ1) is 10.5. The van der Waals surface area contributed by atoms with E-state index >= 15 is 0 Å². The molecular weight excluding hydrogens is 284 g/mol. The summed E-state index contributed by atoms with van der Waals surface area (Å²) in [5, 5.41) is 11.8. The zero-order chi connectivity index (χ0) is 16.1. The van der Waals surface area contributed by atoms with Crippen LogP contribution in [0.2, 0.25) is 0 Å². The molecule has 0 radical (unpaired) electrons. The van der Waals surface area contributed by atoms with Gasteiger partial charge in [-0.05, 0) is 30.5 Å². The van der Waals surface area contributed by atoms with Crippen molar-refractivity contribution in [3.8, 4) is 0 Å². The van der Waals surface area contributed by atoms with E-state index in [9.17, 15) is 14.4 Å². The summed E-state index contributed by atoms with van der Waals surface area (Å²) in [6.45, 7) is 2.74. The van der Waals surface area contributed by atoms with Crippen molar-refractivity contribution >= 4 is 17.8 Å². The Morgan fingerprint density at radius 1 is 1.27 bits per heavy atom. The number of likely N-dealkylation sites (tertiary alicyclic amines) is 1.